The Balaban J connectivity index is 1.59. The number of carbonyl (C=O) groups excluding carboxylic acids is 1. The number of benzene rings is 2. The molecule has 0 N–H and O–H groups in total. The number of thiol groups is 1. The van der Waals surface area contributed by atoms with Crippen molar-refractivity contribution in [1.82, 2.24) is 9.29 Å². The number of halogens is 4. The Bertz CT molecular complexity index is 1430. The first kappa shape index (κ1) is 32.3. The van der Waals surface area contributed by atoms with Crippen molar-refractivity contribution in [2.75, 3.05) is 19.4 Å². The zero-order valence-corrected chi connectivity index (χ0v) is 25.6. The van der Waals surface area contributed by atoms with Crippen LogP contribution in [0.15, 0.2) is 59.8 Å². The van der Waals surface area contributed by atoms with E-state index in [1.807, 2.05) is 18.4 Å². The smallest absolute Gasteiger partial charge is 0.387 e. The Morgan fingerprint density at radius 2 is 1.79 bits per heavy atom. The molecule has 1 aromatic heterocycles. The predicted molar refractivity (Wildman–Crippen MR) is 157 cm³/mol. The normalized spacial score (nSPS) is 13.9. The van der Waals surface area contributed by atoms with Gasteiger partial charge in [0, 0.05) is 30.3 Å². The summed E-state index contributed by atoms with van der Waals surface area (Å²) in [7, 11) is -3.12. The fraction of sp³-hybridized carbons (Fsp3) is 0.357. The molecule has 14 heteroatoms. The third-order valence-corrected chi connectivity index (χ3v) is 8.55. The number of carbonyl (C=O) groups is 1. The minimum atomic E-state index is -3.12. The summed E-state index contributed by atoms with van der Waals surface area (Å²) in [6.07, 6.45) is 5.61. The summed E-state index contributed by atoms with van der Waals surface area (Å²) in [6, 6.07) is 11.5. The maximum Gasteiger partial charge on any atom is 0.387 e. The van der Waals surface area contributed by atoms with Crippen LogP contribution < -0.4 is 9.47 Å². The van der Waals surface area contributed by atoms with Gasteiger partial charge in [-0.25, -0.2) is 8.42 Å². The van der Waals surface area contributed by atoms with E-state index in [-0.39, 0.29) is 34.5 Å². The fourth-order valence-electron chi connectivity index (χ4n) is 4.03. The molecule has 0 radical (unpaired) electrons. The van der Waals surface area contributed by atoms with Gasteiger partial charge < -0.3 is 14.2 Å². The Hall–Kier alpha value is -2.64. The van der Waals surface area contributed by atoms with Crippen LogP contribution in [0.1, 0.15) is 35.6 Å². The van der Waals surface area contributed by atoms with Crippen molar-refractivity contribution in [2.24, 2.45) is 5.92 Å². The van der Waals surface area contributed by atoms with Crippen LogP contribution in [0, 0.1) is 5.92 Å². The SMILES string of the molecule is CSc1ccc(CN(CC(=O)OC(Cc2c(Cl)cncc2Cl)c2ccc(OC(F)F)c(OCC3CC3)c2)[SH](=O)=O)cc1. The average molecular weight is 662 g/mol. The van der Waals surface area contributed by atoms with E-state index in [2.05, 4.69) is 9.72 Å². The highest BCUT2D eigenvalue weighted by Crippen LogP contribution is 2.38. The molecular weight excluding hydrogens is 633 g/mol. The monoisotopic (exact) mass is 660 g/mol. The summed E-state index contributed by atoms with van der Waals surface area (Å²) in [5, 5.41) is 0.453. The van der Waals surface area contributed by atoms with E-state index in [0.29, 0.717) is 29.2 Å². The molecule has 1 fully saturated rings. The molecule has 1 saturated carbocycles. The van der Waals surface area contributed by atoms with Gasteiger partial charge in [0.05, 0.1) is 16.7 Å². The molecule has 1 unspecified atom stereocenters. The Morgan fingerprint density at radius 1 is 1.10 bits per heavy atom. The maximum atomic E-state index is 13.1. The van der Waals surface area contributed by atoms with Gasteiger partial charge in [-0.1, -0.05) is 41.4 Å². The van der Waals surface area contributed by atoms with E-state index in [1.54, 1.807) is 23.9 Å². The first-order valence-electron chi connectivity index (χ1n) is 12.8. The molecule has 3 aromatic rings. The van der Waals surface area contributed by atoms with Gasteiger partial charge in [-0.3, -0.25) is 9.78 Å². The van der Waals surface area contributed by atoms with Crippen LogP contribution >= 0.6 is 35.0 Å². The van der Waals surface area contributed by atoms with E-state index in [0.717, 1.165) is 22.0 Å². The number of alkyl halides is 2. The van der Waals surface area contributed by atoms with Crippen molar-refractivity contribution in [1.29, 1.82) is 0 Å². The number of hydrogen-bond acceptors (Lipinski definition) is 8. The second-order valence-electron chi connectivity index (χ2n) is 9.51. The predicted octanol–water partition coefficient (Wildman–Crippen LogP) is 6.36. The highest BCUT2D eigenvalue weighted by molar-refractivity contribution is 7.98. The first-order chi connectivity index (χ1) is 20.1. The standard InChI is InChI=1S/C28H28Cl2F2N2O6S2/c1-41-20-7-4-17(5-8-20)14-34(42(36)37)15-27(35)39-25(11-21-22(29)12-33-13-23(21)30)19-6-9-24(40-28(31)32)26(10-19)38-16-18-2-3-18/h4-10,12-13,18,25,28,42H,2-3,11,14-16H2,1H3. The Labute approximate surface area is 258 Å². The summed E-state index contributed by atoms with van der Waals surface area (Å²) < 4.78 is 67.3. The quantitative estimate of drug-likeness (QED) is 0.114. The van der Waals surface area contributed by atoms with Gasteiger partial charge in [0.25, 0.3) is 0 Å². The number of thioether (sulfide) groups is 1. The summed E-state index contributed by atoms with van der Waals surface area (Å²) in [5.74, 6) is -0.616. The molecule has 0 amide bonds. The van der Waals surface area contributed by atoms with Crippen LogP contribution in [0.5, 0.6) is 11.5 Å². The van der Waals surface area contributed by atoms with Crippen LogP contribution in [-0.2, 0) is 33.4 Å². The minimum absolute atomic E-state index is 0.0112. The molecule has 0 bridgehead atoms. The lowest BCUT2D eigenvalue weighted by Gasteiger charge is -2.23. The highest BCUT2D eigenvalue weighted by atomic mass is 35.5. The molecule has 0 aliphatic heterocycles. The van der Waals surface area contributed by atoms with E-state index < -0.39 is 36.1 Å². The molecule has 2 aromatic carbocycles. The molecule has 1 aliphatic rings. The van der Waals surface area contributed by atoms with Crippen LogP contribution in [0.3, 0.4) is 0 Å². The molecule has 0 saturated heterocycles. The molecule has 0 spiro atoms. The molecule has 1 atom stereocenters. The van der Waals surface area contributed by atoms with Crippen LogP contribution in [0.4, 0.5) is 8.78 Å². The third kappa shape index (κ3) is 9.43. The molecular formula is C28H28Cl2F2N2O6S2. The Kier molecular flexibility index (Phi) is 11.7. The number of esters is 1. The van der Waals surface area contributed by atoms with Gasteiger partial charge in [0.15, 0.2) is 11.5 Å². The maximum absolute atomic E-state index is 13.1. The van der Waals surface area contributed by atoms with Crippen molar-refractivity contribution in [3.05, 3.63) is 81.6 Å². The fourth-order valence-corrected chi connectivity index (χ4v) is 5.46. The summed E-state index contributed by atoms with van der Waals surface area (Å²) in [6.45, 7) is -3.35. The van der Waals surface area contributed by atoms with E-state index in [9.17, 15) is 22.0 Å². The van der Waals surface area contributed by atoms with Gasteiger partial charge in [-0.2, -0.15) is 13.1 Å². The summed E-state index contributed by atoms with van der Waals surface area (Å²) in [4.78, 5) is 18.1. The van der Waals surface area contributed by atoms with Crippen molar-refractivity contribution in [3.63, 3.8) is 0 Å². The van der Waals surface area contributed by atoms with Crippen molar-refractivity contribution in [3.8, 4) is 11.5 Å². The van der Waals surface area contributed by atoms with Gasteiger partial charge in [0.2, 0.25) is 10.9 Å². The lowest BCUT2D eigenvalue weighted by atomic mass is 10.0. The highest BCUT2D eigenvalue weighted by Gasteiger charge is 2.26. The zero-order chi connectivity index (χ0) is 30.2. The van der Waals surface area contributed by atoms with Crippen molar-refractivity contribution >= 4 is 51.8 Å². The van der Waals surface area contributed by atoms with Crippen molar-refractivity contribution in [2.45, 2.75) is 43.4 Å². The number of hydrogen-bond donors (Lipinski definition) is 1. The van der Waals surface area contributed by atoms with Crippen LogP contribution in [-0.4, -0.2) is 49.7 Å². The number of pyridine rings is 1. The van der Waals surface area contributed by atoms with Gasteiger partial charge in [0.1, 0.15) is 12.6 Å². The van der Waals surface area contributed by atoms with Crippen LogP contribution in [0.2, 0.25) is 10.0 Å². The minimum Gasteiger partial charge on any atom is -0.489 e. The molecule has 4 rings (SSSR count). The molecule has 1 heterocycles. The number of rotatable bonds is 15. The van der Waals surface area contributed by atoms with Gasteiger partial charge in [-0.15, -0.1) is 11.8 Å². The van der Waals surface area contributed by atoms with E-state index in [1.165, 1.54) is 30.6 Å². The summed E-state index contributed by atoms with van der Waals surface area (Å²) >= 11 is 14.2. The molecule has 1 aliphatic carbocycles. The average Bonchev–Trinajstić information content (AvgIpc) is 3.78. The van der Waals surface area contributed by atoms with E-state index >= 15 is 0 Å². The number of nitrogens with zero attached hydrogens (tertiary/aromatic N) is 2. The second-order valence-corrected chi connectivity index (χ2v) is 12.2. The first-order valence-corrected chi connectivity index (χ1v) is 15.9. The second kappa shape index (κ2) is 15.2. The zero-order valence-electron chi connectivity index (χ0n) is 22.4. The molecule has 42 heavy (non-hydrogen) atoms. The van der Waals surface area contributed by atoms with Crippen molar-refractivity contribution < 1.29 is 36.2 Å². The topological polar surface area (TPSA) is 95.0 Å². The van der Waals surface area contributed by atoms with Gasteiger partial charge in [-0.05, 0) is 66.0 Å². The molecule has 226 valence electrons. The largest absolute Gasteiger partial charge is 0.489 e. The third-order valence-electron chi connectivity index (χ3n) is 6.41. The number of ether oxygens (including phenoxy) is 3. The van der Waals surface area contributed by atoms with Crippen LogP contribution in [0.25, 0.3) is 0 Å². The van der Waals surface area contributed by atoms with Gasteiger partial charge >= 0.3 is 12.6 Å². The van der Waals surface area contributed by atoms with E-state index in [4.69, 9.17) is 32.7 Å². The number of aromatic nitrogens is 1. The summed E-state index contributed by atoms with van der Waals surface area (Å²) in [5.41, 5.74) is 1.50. The lowest BCUT2D eigenvalue weighted by molar-refractivity contribution is -0.149. The Morgan fingerprint density at radius 3 is 2.38 bits per heavy atom. The molecule has 8 nitrogen and oxygen atoms in total. The lowest BCUT2D eigenvalue weighted by Crippen LogP contribution is -2.30.